The third-order valence-corrected chi connectivity index (χ3v) is 7.56. The maximum absolute atomic E-state index is 13.1. The molecule has 0 saturated heterocycles. The molecule has 0 aliphatic heterocycles. The second-order valence-electron chi connectivity index (χ2n) is 5.10. The van der Waals surface area contributed by atoms with E-state index in [1.807, 2.05) is 12.2 Å². The van der Waals surface area contributed by atoms with Crippen molar-refractivity contribution in [3.8, 4) is 0 Å². The summed E-state index contributed by atoms with van der Waals surface area (Å²) < 4.78 is 27.5. The van der Waals surface area contributed by atoms with E-state index in [2.05, 4.69) is 15.9 Å². The zero-order valence-corrected chi connectivity index (χ0v) is 13.6. The molecule has 0 spiro atoms. The van der Waals surface area contributed by atoms with Gasteiger partial charge in [0.05, 0.1) is 0 Å². The van der Waals surface area contributed by atoms with Crippen LogP contribution in [0.4, 0.5) is 0 Å². The lowest BCUT2D eigenvalue weighted by Crippen LogP contribution is -2.40. The summed E-state index contributed by atoms with van der Waals surface area (Å²) in [4.78, 5) is 0. The molecule has 2 aromatic rings. The average Bonchev–Trinajstić information content (AvgIpc) is 2.88. The van der Waals surface area contributed by atoms with Crippen LogP contribution >= 0.6 is 15.9 Å². The predicted octanol–water partition coefficient (Wildman–Crippen LogP) is 2.45. The first-order valence-electron chi connectivity index (χ1n) is 6.35. The molecule has 2 heterocycles. The van der Waals surface area contributed by atoms with E-state index in [4.69, 9.17) is 0 Å². The summed E-state index contributed by atoms with van der Waals surface area (Å²) >= 11 is 3.36. The second-order valence-corrected chi connectivity index (χ2v) is 8.20. The minimum Gasteiger partial charge on any atom is -0.618 e. The predicted molar refractivity (Wildman–Crippen MR) is 84.4 cm³/mol. The van der Waals surface area contributed by atoms with E-state index in [-0.39, 0.29) is 0 Å². The molecule has 0 aromatic carbocycles. The molecule has 1 atom stereocenters. The van der Waals surface area contributed by atoms with Crippen LogP contribution in [0, 0.1) is 5.21 Å². The van der Waals surface area contributed by atoms with Crippen LogP contribution < -0.4 is 4.73 Å². The fraction of sp³-hybridized carbons (Fsp3) is 0.214. The van der Waals surface area contributed by atoms with E-state index >= 15 is 0 Å². The van der Waals surface area contributed by atoms with Crippen LogP contribution in [0.2, 0.25) is 0 Å². The third kappa shape index (κ3) is 1.95. The average molecular weight is 369 g/mol. The van der Waals surface area contributed by atoms with Crippen molar-refractivity contribution in [3.05, 3.63) is 58.5 Å². The fourth-order valence-electron chi connectivity index (χ4n) is 2.43. The van der Waals surface area contributed by atoms with Crippen LogP contribution in [0.3, 0.4) is 0 Å². The summed E-state index contributed by atoms with van der Waals surface area (Å²) in [5, 5.41) is 11.7. The molecule has 0 amide bonds. The molecular weight excluding hydrogens is 356 g/mol. The van der Waals surface area contributed by atoms with Gasteiger partial charge < -0.3 is 5.21 Å². The zero-order chi connectivity index (χ0) is 15.3. The topological polar surface area (TPSA) is 66.0 Å². The SMILES string of the molecule is CC1(S(=O)(=O)n2ccc3c2ccc[n+]3[O-])CC=CC=C1Br. The van der Waals surface area contributed by atoms with Crippen molar-refractivity contribution in [3.63, 3.8) is 0 Å². The Hall–Kier alpha value is -1.60. The Kier molecular flexibility index (Phi) is 3.22. The molecule has 0 bridgehead atoms. The number of nitrogens with zero attached hydrogens (tertiary/aromatic N) is 2. The number of aromatic nitrogens is 2. The first-order chi connectivity index (χ1) is 9.88. The van der Waals surface area contributed by atoms with E-state index < -0.39 is 14.8 Å². The lowest BCUT2D eigenvalue weighted by molar-refractivity contribution is -0.576. The molecule has 7 heteroatoms. The number of pyridine rings is 1. The number of allylic oxidation sites excluding steroid dienone is 3. The van der Waals surface area contributed by atoms with Crippen molar-refractivity contribution in [2.45, 2.75) is 18.1 Å². The molecule has 0 saturated carbocycles. The molecule has 0 fully saturated rings. The minimum absolute atomic E-state index is 0.330. The van der Waals surface area contributed by atoms with Gasteiger partial charge in [0.25, 0.3) is 0 Å². The lowest BCUT2D eigenvalue weighted by atomic mass is 10.0. The Morgan fingerprint density at radius 3 is 2.90 bits per heavy atom. The molecule has 0 radical (unpaired) electrons. The fourth-order valence-corrected chi connectivity index (χ4v) is 5.05. The van der Waals surface area contributed by atoms with Gasteiger partial charge in [-0.25, -0.2) is 12.4 Å². The first-order valence-corrected chi connectivity index (χ1v) is 8.58. The summed E-state index contributed by atoms with van der Waals surface area (Å²) in [6.07, 6.45) is 8.53. The van der Waals surface area contributed by atoms with Gasteiger partial charge in [-0.2, -0.15) is 4.73 Å². The van der Waals surface area contributed by atoms with Gasteiger partial charge in [-0.3, -0.25) is 0 Å². The summed E-state index contributed by atoms with van der Waals surface area (Å²) in [6, 6.07) is 4.68. The number of rotatable bonds is 2. The van der Waals surface area contributed by atoms with E-state index in [0.29, 0.717) is 26.7 Å². The zero-order valence-electron chi connectivity index (χ0n) is 11.2. The summed E-state index contributed by atoms with van der Waals surface area (Å²) in [5.41, 5.74) is 0.708. The minimum atomic E-state index is -3.71. The highest BCUT2D eigenvalue weighted by Crippen LogP contribution is 2.39. The quantitative estimate of drug-likeness (QED) is 0.603. The highest BCUT2D eigenvalue weighted by Gasteiger charge is 2.43. The van der Waals surface area contributed by atoms with Crippen molar-refractivity contribution in [2.24, 2.45) is 0 Å². The van der Waals surface area contributed by atoms with Gasteiger partial charge in [0.15, 0.2) is 6.20 Å². The maximum atomic E-state index is 13.1. The second kappa shape index (κ2) is 4.71. The summed E-state index contributed by atoms with van der Waals surface area (Å²) in [7, 11) is -3.71. The standard InChI is InChI=1S/C14H13BrN2O3S/c1-14(8-3-2-6-13(14)15)21(19,20)17-10-7-11-12(17)5-4-9-16(11)18/h2-7,9-10H,8H2,1H3. The van der Waals surface area contributed by atoms with Crippen molar-refractivity contribution in [1.29, 1.82) is 0 Å². The number of halogens is 1. The number of hydrogen-bond donors (Lipinski definition) is 0. The third-order valence-electron chi connectivity index (χ3n) is 3.80. The highest BCUT2D eigenvalue weighted by atomic mass is 79.9. The Morgan fingerprint density at radius 1 is 1.43 bits per heavy atom. The van der Waals surface area contributed by atoms with E-state index in [9.17, 15) is 13.6 Å². The molecule has 1 aliphatic rings. The van der Waals surface area contributed by atoms with Gasteiger partial charge >= 0.3 is 0 Å². The summed E-state index contributed by atoms with van der Waals surface area (Å²) in [5.74, 6) is 0. The van der Waals surface area contributed by atoms with Gasteiger partial charge in [0.1, 0.15) is 10.3 Å². The van der Waals surface area contributed by atoms with Crippen LogP contribution in [0.25, 0.3) is 11.0 Å². The van der Waals surface area contributed by atoms with Gasteiger partial charge in [-0.05, 0) is 19.4 Å². The molecule has 3 rings (SSSR count). The normalized spacial score (nSPS) is 22.5. The Labute approximate surface area is 131 Å². The molecule has 5 nitrogen and oxygen atoms in total. The largest absolute Gasteiger partial charge is 0.618 e. The van der Waals surface area contributed by atoms with Crippen LogP contribution in [-0.4, -0.2) is 17.1 Å². The van der Waals surface area contributed by atoms with Gasteiger partial charge in [-0.1, -0.05) is 34.2 Å². The maximum Gasteiger partial charge on any atom is 0.249 e. The van der Waals surface area contributed by atoms with Crippen molar-refractivity contribution < 1.29 is 13.1 Å². The van der Waals surface area contributed by atoms with Gasteiger partial charge in [0, 0.05) is 22.8 Å². The molecule has 1 unspecified atom stereocenters. The van der Waals surface area contributed by atoms with Crippen molar-refractivity contribution in [1.82, 2.24) is 3.97 Å². The van der Waals surface area contributed by atoms with Crippen LogP contribution in [0.5, 0.6) is 0 Å². The van der Waals surface area contributed by atoms with E-state index in [1.165, 1.54) is 28.5 Å². The molecule has 0 N–H and O–H groups in total. The Bertz CT molecular complexity index is 883. The van der Waals surface area contributed by atoms with Crippen molar-refractivity contribution >= 4 is 37.0 Å². The molecular formula is C14H13BrN2O3S. The van der Waals surface area contributed by atoms with Crippen LogP contribution in [0.15, 0.2) is 53.3 Å². The van der Waals surface area contributed by atoms with E-state index in [1.54, 1.807) is 19.1 Å². The van der Waals surface area contributed by atoms with Gasteiger partial charge in [-0.15, -0.1) is 0 Å². The molecule has 1 aliphatic carbocycles. The molecule has 110 valence electrons. The lowest BCUT2D eigenvalue weighted by Gasteiger charge is -2.30. The van der Waals surface area contributed by atoms with Crippen molar-refractivity contribution in [2.75, 3.05) is 0 Å². The van der Waals surface area contributed by atoms with Crippen LogP contribution in [0.1, 0.15) is 13.3 Å². The smallest absolute Gasteiger partial charge is 0.249 e. The Morgan fingerprint density at radius 2 is 2.19 bits per heavy atom. The summed E-state index contributed by atoms with van der Waals surface area (Å²) in [6.45, 7) is 1.67. The van der Waals surface area contributed by atoms with Gasteiger partial charge in [0.2, 0.25) is 15.5 Å². The molecule has 21 heavy (non-hydrogen) atoms. The highest BCUT2D eigenvalue weighted by molar-refractivity contribution is 9.12. The first kappa shape index (κ1) is 14.3. The number of hydrogen-bond acceptors (Lipinski definition) is 3. The Balaban J connectivity index is 2.25. The monoisotopic (exact) mass is 368 g/mol. The van der Waals surface area contributed by atoms with Crippen LogP contribution in [-0.2, 0) is 10.0 Å². The number of fused-ring (bicyclic) bond motifs is 1. The van der Waals surface area contributed by atoms with E-state index in [0.717, 1.165) is 0 Å². The molecule has 2 aromatic heterocycles.